The van der Waals surface area contributed by atoms with Crippen LogP contribution in [0.1, 0.15) is 22.8 Å². The minimum atomic E-state index is -1.20. The first-order valence-electron chi connectivity index (χ1n) is 9.97. The maximum absolute atomic E-state index is 12.5. The van der Waals surface area contributed by atoms with Crippen LogP contribution in [0.2, 0.25) is 0 Å². The van der Waals surface area contributed by atoms with Gasteiger partial charge in [0.2, 0.25) is 5.96 Å². The highest BCUT2D eigenvalue weighted by Gasteiger charge is 2.33. The highest BCUT2D eigenvalue weighted by molar-refractivity contribution is 6.17. The Labute approximate surface area is 185 Å². The zero-order chi connectivity index (χ0) is 23.1. The van der Waals surface area contributed by atoms with Gasteiger partial charge in [-0.25, -0.2) is 24.4 Å². The van der Waals surface area contributed by atoms with Gasteiger partial charge in [0.15, 0.2) is 0 Å². The molecule has 1 aliphatic rings. The number of carbonyl (C=O) groups excluding carboxylic acids is 2. The molecule has 1 heterocycles. The molecular weight excluding hydrogens is 416 g/mol. The van der Waals surface area contributed by atoms with Gasteiger partial charge in [0, 0.05) is 12.1 Å². The molecule has 2 N–H and O–H groups in total. The first-order chi connectivity index (χ1) is 15.4. The number of nitrogens with zero attached hydrogens (tertiary/aromatic N) is 3. The first-order valence-corrected chi connectivity index (χ1v) is 9.97. The second kappa shape index (κ2) is 10.3. The van der Waals surface area contributed by atoms with Crippen molar-refractivity contribution < 1.29 is 29.0 Å². The first kappa shape index (κ1) is 22.6. The molecule has 0 aliphatic carbocycles. The van der Waals surface area contributed by atoms with Gasteiger partial charge >= 0.3 is 12.2 Å². The van der Waals surface area contributed by atoms with Crippen LogP contribution in [0.3, 0.4) is 0 Å². The molecule has 0 aromatic heterocycles. The van der Waals surface area contributed by atoms with Crippen LogP contribution in [0.4, 0.5) is 15.3 Å². The van der Waals surface area contributed by atoms with Crippen molar-refractivity contribution in [3.8, 4) is 5.75 Å². The number of benzene rings is 2. The van der Waals surface area contributed by atoms with Crippen molar-refractivity contribution in [1.29, 1.82) is 0 Å². The monoisotopic (exact) mass is 440 g/mol. The Morgan fingerprint density at radius 2 is 1.81 bits per heavy atom. The van der Waals surface area contributed by atoms with Gasteiger partial charge < -0.3 is 19.9 Å². The van der Waals surface area contributed by atoms with Gasteiger partial charge in [-0.2, -0.15) is 0 Å². The summed E-state index contributed by atoms with van der Waals surface area (Å²) < 4.78 is 10.2. The van der Waals surface area contributed by atoms with Crippen molar-refractivity contribution in [2.24, 2.45) is 4.99 Å². The third-order valence-electron chi connectivity index (χ3n) is 4.70. The summed E-state index contributed by atoms with van der Waals surface area (Å²) in [5.74, 6) is 0.426. The summed E-state index contributed by atoms with van der Waals surface area (Å²) in [7, 11) is 1.56. The number of guanidine groups is 1. The Kier molecular flexibility index (Phi) is 7.27. The van der Waals surface area contributed by atoms with E-state index in [0.717, 1.165) is 15.4 Å². The molecule has 0 fully saturated rings. The van der Waals surface area contributed by atoms with E-state index in [0.29, 0.717) is 17.0 Å². The number of methoxy groups -OCH3 is 1. The van der Waals surface area contributed by atoms with Crippen LogP contribution in [-0.2, 0) is 11.3 Å². The molecule has 0 unspecified atom stereocenters. The van der Waals surface area contributed by atoms with Crippen molar-refractivity contribution >= 4 is 29.7 Å². The van der Waals surface area contributed by atoms with E-state index < -0.39 is 12.2 Å². The molecule has 10 nitrogen and oxygen atoms in total. The number of hydrogen-bond donors (Lipinski definition) is 2. The van der Waals surface area contributed by atoms with E-state index in [1.54, 1.807) is 62.6 Å². The van der Waals surface area contributed by atoms with Gasteiger partial charge in [0.05, 0.1) is 32.5 Å². The maximum Gasteiger partial charge on any atom is 0.421 e. The molecule has 32 heavy (non-hydrogen) atoms. The van der Waals surface area contributed by atoms with E-state index in [4.69, 9.17) is 9.47 Å². The zero-order valence-electron chi connectivity index (χ0n) is 17.8. The van der Waals surface area contributed by atoms with Gasteiger partial charge in [-0.1, -0.05) is 12.1 Å². The van der Waals surface area contributed by atoms with Gasteiger partial charge in [-0.15, -0.1) is 0 Å². The molecule has 168 valence electrons. The van der Waals surface area contributed by atoms with E-state index in [2.05, 4.69) is 10.3 Å². The Morgan fingerprint density at radius 3 is 2.41 bits per heavy atom. The van der Waals surface area contributed by atoms with Gasteiger partial charge in [-0.3, -0.25) is 4.79 Å². The Balaban J connectivity index is 1.71. The van der Waals surface area contributed by atoms with E-state index in [-0.39, 0.29) is 38.1 Å². The summed E-state index contributed by atoms with van der Waals surface area (Å²) in [6.07, 6.45) is -1.92. The lowest BCUT2D eigenvalue weighted by Crippen LogP contribution is -2.47. The molecular formula is C22H24N4O6. The summed E-state index contributed by atoms with van der Waals surface area (Å²) in [4.78, 5) is 42.7. The second-order valence-corrected chi connectivity index (χ2v) is 6.73. The Hall–Kier alpha value is -4.08. The summed E-state index contributed by atoms with van der Waals surface area (Å²) >= 11 is 0. The van der Waals surface area contributed by atoms with Gasteiger partial charge in [0.25, 0.3) is 5.91 Å². The number of carbonyl (C=O) groups is 3. The third kappa shape index (κ3) is 5.15. The number of anilines is 1. The summed E-state index contributed by atoms with van der Waals surface area (Å²) in [6.45, 7) is 2.48. The van der Waals surface area contributed by atoms with Crippen molar-refractivity contribution in [3.05, 3.63) is 59.7 Å². The van der Waals surface area contributed by atoms with Crippen molar-refractivity contribution in [1.82, 2.24) is 10.2 Å². The molecule has 1 aliphatic heterocycles. The molecule has 2 aromatic rings. The lowest BCUT2D eigenvalue weighted by Gasteiger charge is -2.26. The largest absolute Gasteiger partial charge is 0.497 e. The molecule has 3 rings (SSSR count). The van der Waals surface area contributed by atoms with Crippen LogP contribution >= 0.6 is 0 Å². The number of amides is 3. The predicted molar refractivity (Wildman–Crippen MR) is 117 cm³/mol. The third-order valence-corrected chi connectivity index (χ3v) is 4.70. The van der Waals surface area contributed by atoms with Crippen LogP contribution in [-0.4, -0.2) is 60.9 Å². The normalized spacial score (nSPS) is 12.7. The van der Waals surface area contributed by atoms with E-state index in [1.165, 1.54) is 0 Å². The number of carboxylic acid groups (broad SMARTS) is 1. The maximum atomic E-state index is 12.5. The second-order valence-electron chi connectivity index (χ2n) is 6.73. The van der Waals surface area contributed by atoms with Crippen LogP contribution in [0, 0.1) is 0 Å². The van der Waals surface area contributed by atoms with Crippen LogP contribution in [0.5, 0.6) is 5.75 Å². The molecule has 0 bridgehead atoms. The van der Waals surface area contributed by atoms with E-state index >= 15 is 0 Å². The van der Waals surface area contributed by atoms with Crippen molar-refractivity contribution in [2.45, 2.75) is 13.5 Å². The number of rotatable bonds is 6. The highest BCUT2D eigenvalue weighted by Crippen LogP contribution is 2.21. The Bertz CT molecular complexity index is 1000. The quantitative estimate of drug-likeness (QED) is 0.713. The van der Waals surface area contributed by atoms with Crippen LogP contribution < -0.4 is 15.0 Å². The fourth-order valence-electron chi connectivity index (χ4n) is 3.09. The fourth-order valence-corrected chi connectivity index (χ4v) is 3.09. The number of ether oxygens (including phenoxy) is 2. The fraction of sp³-hybridized carbons (Fsp3) is 0.273. The lowest BCUT2D eigenvalue weighted by atomic mass is 10.1. The summed E-state index contributed by atoms with van der Waals surface area (Å²) in [5, 5.41) is 12.2. The number of hydrogen-bond acceptors (Lipinski definition) is 6. The lowest BCUT2D eigenvalue weighted by molar-refractivity contribution is 0.0950. The molecule has 3 amide bonds. The molecule has 0 radical (unpaired) electrons. The summed E-state index contributed by atoms with van der Waals surface area (Å²) in [5.41, 5.74) is 1.70. The molecule has 0 saturated carbocycles. The van der Waals surface area contributed by atoms with Crippen molar-refractivity contribution in [3.63, 3.8) is 0 Å². The smallest absolute Gasteiger partial charge is 0.421 e. The SMILES string of the molecule is CCOC(=O)N(C1=NCCN1C(=O)O)c1ccc(CNC(=O)c2ccc(OC)cc2)cc1. The number of nitrogens with one attached hydrogen (secondary N) is 1. The number of aliphatic imine (C=N–C) groups is 1. The average molecular weight is 440 g/mol. The highest BCUT2D eigenvalue weighted by atomic mass is 16.6. The minimum absolute atomic E-state index is 0.00323. The van der Waals surface area contributed by atoms with Crippen molar-refractivity contribution in [2.75, 3.05) is 31.7 Å². The minimum Gasteiger partial charge on any atom is -0.497 e. The molecule has 0 spiro atoms. The molecule has 2 aromatic carbocycles. The summed E-state index contributed by atoms with van der Waals surface area (Å²) in [6, 6.07) is 13.5. The zero-order valence-corrected chi connectivity index (χ0v) is 17.8. The average Bonchev–Trinajstić information content (AvgIpc) is 3.28. The topological polar surface area (TPSA) is 121 Å². The van der Waals surface area contributed by atoms with E-state index in [9.17, 15) is 19.5 Å². The molecule has 10 heteroatoms. The van der Waals surface area contributed by atoms with Gasteiger partial charge in [0.1, 0.15) is 5.75 Å². The molecule has 0 atom stereocenters. The standard InChI is InChI=1S/C22H24N4O6/c1-3-32-22(30)26(20-23-12-13-25(20)21(28)29)17-8-4-15(5-9-17)14-24-19(27)16-6-10-18(31-2)11-7-16/h4-11H,3,12-14H2,1-2H3,(H,24,27)(H,28,29). The van der Waals surface area contributed by atoms with Crippen LogP contribution in [0.25, 0.3) is 0 Å². The predicted octanol–water partition coefficient (Wildman–Crippen LogP) is 2.94. The molecule has 0 saturated heterocycles. The van der Waals surface area contributed by atoms with Gasteiger partial charge in [-0.05, 0) is 48.9 Å². The van der Waals surface area contributed by atoms with Crippen LogP contribution in [0.15, 0.2) is 53.5 Å². The van der Waals surface area contributed by atoms with E-state index in [1.807, 2.05) is 0 Å². The Morgan fingerprint density at radius 1 is 1.12 bits per heavy atom.